The van der Waals surface area contributed by atoms with Crippen molar-refractivity contribution in [3.8, 4) is 11.4 Å². The van der Waals surface area contributed by atoms with E-state index in [1.165, 1.54) is 36.3 Å². The molecule has 2 heterocycles. The molecule has 0 amide bonds. The Balaban J connectivity index is 1.82. The first-order valence-corrected chi connectivity index (χ1v) is 7.96. The summed E-state index contributed by atoms with van der Waals surface area (Å²) in [7, 11) is 0. The molecule has 4 nitrogen and oxygen atoms in total. The molecule has 2 aromatic rings. The number of hydrogen-bond acceptors (Lipinski definition) is 3. The van der Waals surface area contributed by atoms with Gasteiger partial charge in [-0.05, 0) is 38.3 Å². The summed E-state index contributed by atoms with van der Waals surface area (Å²) in [5.41, 5.74) is 3.77. The van der Waals surface area contributed by atoms with E-state index in [4.69, 9.17) is 9.84 Å². The number of aromatic nitrogens is 2. The molecule has 1 aromatic carbocycles. The van der Waals surface area contributed by atoms with Crippen LogP contribution in [0.15, 0.2) is 24.3 Å². The lowest BCUT2D eigenvalue weighted by atomic mass is 9.81. The van der Waals surface area contributed by atoms with Gasteiger partial charge in [0.2, 0.25) is 0 Å². The molecule has 0 unspecified atom stereocenters. The highest BCUT2D eigenvalue weighted by Gasteiger charge is 2.31. The highest BCUT2D eigenvalue weighted by molar-refractivity contribution is 5.60. The van der Waals surface area contributed by atoms with Gasteiger partial charge in [0.05, 0.1) is 12.3 Å². The number of para-hydroxylation sites is 2. The van der Waals surface area contributed by atoms with Crippen LogP contribution in [0, 0.1) is 0 Å². The van der Waals surface area contributed by atoms with Crippen molar-refractivity contribution in [2.24, 2.45) is 0 Å². The van der Waals surface area contributed by atoms with Crippen molar-refractivity contribution in [2.45, 2.75) is 38.5 Å². The van der Waals surface area contributed by atoms with Gasteiger partial charge in [-0.15, -0.1) is 0 Å². The zero-order valence-electron chi connectivity index (χ0n) is 12.4. The average Bonchev–Trinajstić information content (AvgIpc) is 3.02. The van der Waals surface area contributed by atoms with Crippen molar-refractivity contribution in [2.75, 3.05) is 18.5 Å². The van der Waals surface area contributed by atoms with Gasteiger partial charge in [0.25, 0.3) is 0 Å². The van der Waals surface area contributed by atoms with Crippen LogP contribution < -0.4 is 10.1 Å². The lowest BCUT2D eigenvalue weighted by Gasteiger charge is -2.24. The number of nitrogens with zero attached hydrogens (tertiary/aromatic N) is 2. The van der Waals surface area contributed by atoms with Crippen molar-refractivity contribution in [1.82, 2.24) is 9.78 Å². The number of ether oxygens (including phenoxy) is 1. The topological polar surface area (TPSA) is 39.1 Å². The van der Waals surface area contributed by atoms with Gasteiger partial charge < -0.3 is 10.1 Å². The van der Waals surface area contributed by atoms with Crippen LogP contribution in [0.1, 0.15) is 43.4 Å². The molecule has 0 atom stereocenters. The normalized spacial score (nSPS) is 17.2. The molecule has 4 heteroatoms. The third-order valence-corrected chi connectivity index (χ3v) is 4.57. The van der Waals surface area contributed by atoms with Gasteiger partial charge in [-0.25, -0.2) is 4.68 Å². The molecular weight excluding hydrogens is 262 g/mol. The SMILES string of the molecule is CCOc1ccccc1-n1nc(C2CCC2)c2c1NCC2. The van der Waals surface area contributed by atoms with Crippen LogP contribution in [0.2, 0.25) is 0 Å². The van der Waals surface area contributed by atoms with Crippen molar-refractivity contribution in [3.63, 3.8) is 0 Å². The summed E-state index contributed by atoms with van der Waals surface area (Å²) in [5.74, 6) is 2.74. The second-order valence-electron chi connectivity index (χ2n) is 5.83. The fraction of sp³-hybridized carbons (Fsp3) is 0.471. The highest BCUT2D eigenvalue weighted by Crippen LogP contribution is 2.42. The van der Waals surface area contributed by atoms with Crippen LogP contribution >= 0.6 is 0 Å². The zero-order chi connectivity index (χ0) is 14.2. The van der Waals surface area contributed by atoms with Gasteiger partial charge in [-0.1, -0.05) is 18.6 Å². The standard InChI is InChI=1S/C17H21N3O/c1-2-21-15-9-4-3-8-14(15)20-17-13(10-11-18-17)16(19-20)12-6-5-7-12/h3-4,8-9,12,18H,2,5-7,10-11H2,1H3. The lowest BCUT2D eigenvalue weighted by molar-refractivity contribution is 0.338. The van der Waals surface area contributed by atoms with Crippen molar-refractivity contribution in [3.05, 3.63) is 35.5 Å². The van der Waals surface area contributed by atoms with Crippen molar-refractivity contribution >= 4 is 5.82 Å². The van der Waals surface area contributed by atoms with Crippen molar-refractivity contribution in [1.29, 1.82) is 0 Å². The first kappa shape index (κ1) is 12.7. The highest BCUT2D eigenvalue weighted by atomic mass is 16.5. The van der Waals surface area contributed by atoms with E-state index in [1.54, 1.807) is 0 Å². The third kappa shape index (κ3) is 2.01. The molecule has 1 N–H and O–H groups in total. The molecule has 110 valence electrons. The summed E-state index contributed by atoms with van der Waals surface area (Å²) < 4.78 is 7.83. The second kappa shape index (κ2) is 5.10. The van der Waals surface area contributed by atoms with Crippen LogP contribution in [-0.2, 0) is 6.42 Å². The molecule has 1 fully saturated rings. The summed E-state index contributed by atoms with van der Waals surface area (Å²) >= 11 is 0. The Labute approximate surface area is 125 Å². The fourth-order valence-electron chi connectivity index (χ4n) is 3.29. The predicted molar refractivity (Wildman–Crippen MR) is 83.5 cm³/mol. The van der Waals surface area contributed by atoms with Crippen LogP contribution in [0.3, 0.4) is 0 Å². The molecule has 1 aliphatic heterocycles. The molecule has 0 spiro atoms. The van der Waals surface area contributed by atoms with E-state index in [0.717, 1.165) is 24.4 Å². The number of nitrogens with one attached hydrogen (secondary N) is 1. The zero-order valence-corrected chi connectivity index (χ0v) is 12.4. The quantitative estimate of drug-likeness (QED) is 0.933. The molecule has 1 aromatic heterocycles. The van der Waals surface area contributed by atoms with E-state index in [9.17, 15) is 0 Å². The molecule has 2 aliphatic rings. The van der Waals surface area contributed by atoms with E-state index in [1.807, 2.05) is 25.1 Å². The lowest BCUT2D eigenvalue weighted by Crippen LogP contribution is -2.13. The van der Waals surface area contributed by atoms with E-state index in [2.05, 4.69) is 16.1 Å². The summed E-state index contributed by atoms with van der Waals surface area (Å²) in [6, 6.07) is 8.16. The average molecular weight is 283 g/mol. The first-order valence-electron chi connectivity index (χ1n) is 7.96. The Morgan fingerprint density at radius 3 is 2.95 bits per heavy atom. The summed E-state index contributed by atoms with van der Waals surface area (Å²) in [5, 5.41) is 8.45. The number of hydrogen-bond donors (Lipinski definition) is 1. The molecule has 1 aliphatic carbocycles. The molecule has 1 saturated carbocycles. The second-order valence-corrected chi connectivity index (χ2v) is 5.83. The van der Waals surface area contributed by atoms with Gasteiger partial charge in [0, 0.05) is 18.0 Å². The largest absolute Gasteiger partial charge is 0.492 e. The molecule has 4 rings (SSSR count). The van der Waals surface area contributed by atoms with Gasteiger partial charge >= 0.3 is 0 Å². The van der Waals surface area contributed by atoms with Crippen molar-refractivity contribution < 1.29 is 4.74 Å². The Morgan fingerprint density at radius 2 is 2.19 bits per heavy atom. The maximum atomic E-state index is 5.77. The maximum absolute atomic E-state index is 5.77. The third-order valence-electron chi connectivity index (χ3n) is 4.57. The van der Waals surface area contributed by atoms with E-state index >= 15 is 0 Å². The summed E-state index contributed by atoms with van der Waals surface area (Å²) in [6.07, 6.45) is 5.01. The predicted octanol–water partition coefficient (Wildman–Crippen LogP) is 3.51. The number of rotatable bonds is 4. The maximum Gasteiger partial charge on any atom is 0.145 e. The Kier molecular flexibility index (Phi) is 3.09. The summed E-state index contributed by atoms with van der Waals surface area (Å²) in [6.45, 7) is 3.70. The Hall–Kier alpha value is -1.97. The molecular formula is C17H21N3O. The van der Waals surface area contributed by atoms with E-state index < -0.39 is 0 Å². The monoisotopic (exact) mass is 283 g/mol. The molecule has 0 bridgehead atoms. The fourth-order valence-corrected chi connectivity index (χ4v) is 3.29. The number of fused-ring (bicyclic) bond motifs is 1. The van der Waals surface area contributed by atoms with Gasteiger partial charge in [-0.2, -0.15) is 5.10 Å². The van der Waals surface area contributed by atoms with Gasteiger partial charge in [-0.3, -0.25) is 0 Å². The van der Waals surface area contributed by atoms with E-state index in [0.29, 0.717) is 12.5 Å². The minimum absolute atomic E-state index is 0.666. The van der Waals surface area contributed by atoms with Crippen LogP contribution in [0.25, 0.3) is 5.69 Å². The minimum atomic E-state index is 0.666. The van der Waals surface area contributed by atoms with Gasteiger partial charge in [0.1, 0.15) is 17.3 Å². The number of benzene rings is 1. The van der Waals surface area contributed by atoms with Crippen LogP contribution in [0.5, 0.6) is 5.75 Å². The Bertz CT molecular complexity index is 658. The Morgan fingerprint density at radius 1 is 1.33 bits per heavy atom. The minimum Gasteiger partial charge on any atom is -0.492 e. The van der Waals surface area contributed by atoms with E-state index in [-0.39, 0.29) is 0 Å². The van der Waals surface area contributed by atoms with Crippen LogP contribution in [0.4, 0.5) is 5.82 Å². The summed E-state index contributed by atoms with van der Waals surface area (Å²) in [4.78, 5) is 0. The molecule has 0 radical (unpaired) electrons. The molecule has 21 heavy (non-hydrogen) atoms. The molecule has 0 saturated heterocycles. The van der Waals surface area contributed by atoms with Gasteiger partial charge in [0.15, 0.2) is 0 Å². The smallest absolute Gasteiger partial charge is 0.145 e. The van der Waals surface area contributed by atoms with Crippen LogP contribution in [-0.4, -0.2) is 22.9 Å². The number of anilines is 1. The first-order chi connectivity index (χ1) is 10.4.